The van der Waals surface area contributed by atoms with Gasteiger partial charge in [0.05, 0.1) is 16.8 Å². The molecule has 0 bridgehead atoms. The Labute approximate surface area is 173 Å². The van der Waals surface area contributed by atoms with Crippen LogP contribution in [0.4, 0.5) is 0 Å². The summed E-state index contributed by atoms with van der Waals surface area (Å²) in [6.07, 6.45) is 6.79. The van der Waals surface area contributed by atoms with Crippen LogP contribution in [0, 0.1) is 6.92 Å². The summed E-state index contributed by atoms with van der Waals surface area (Å²) in [5.41, 5.74) is 3.78. The summed E-state index contributed by atoms with van der Waals surface area (Å²) >= 11 is 4.14. The van der Waals surface area contributed by atoms with Gasteiger partial charge in [-0.05, 0) is 63.4 Å². The normalized spacial score (nSPS) is 15.6. The first-order chi connectivity index (χ1) is 11.5. The van der Waals surface area contributed by atoms with Crippen LogP contribution in [0.3, 0.4) is 0 Å². The minimum atomic E-state index is -1.82. The summed E-state index contributed by atoms with van der Waals surface area (Å²) < 4.78 is 7.94. The third-order valence-electron chi connectivity index (χ3n) is 4.93. The molecule has 1 heterocycles. The Balaban J connectivity index is 3.05. The minimum Gasteiger partial charge on any atom is -0.410 e. The van der Waals surface area contributed by atoms with Crippen molar-refractivity contribution in [3.8, 4) is 0 Å². The van der Waals surface area contributed by atoms with Crippen molar-refractivity contribution in [1.29, 1.82) is 0 Å². The maximum absolute atomic E-state index is 6.77. The maximum atomic E-state index is 6.77. The van der Waals surface area contributed by atoms with Gasteiger partial charge in [-0.25, -0.2) is 4.98 Å². The van der Waals surface area contributed by atoms with Crippen LogP contribution in [0.5, 0.6) is 0 Å². The van der Waals surface area contributed by atoms with E-state index in [1.165, 1.54) is 15.6 Å². The molecular weight excluding hydrogens is 457 g/mol. The highest BCUT2D eigenvalue weighted by molar-refractivity contribution is 14.1. The van der Waals surface area contributed by atoms with Gasteiger partial charge < -0.3 is 4.43 Å². The summed E-state index contributed by atoms with van der Waals surface area (Å²) in [6, 6.07) is 0. The predicted molar refractivity (Wildman–Crippen MR) is 124 cm³/mol. The van der Waals surface area contributed by atoms with E-state index in [0.717, 1.165) is 23.5 Å². The van der Waals surface area contributed by atoms with E-state index in [1.54, 1.807) is 11.3 Å². The fourth-order valence-electron chi connectivity index (χ4n) is 2.19. The van der Waals surface area contributed by atoms with Crippen molar-refractivity contribution in [3.63, 3.8) is 0 Å². The lowest BCUT2D eigenvalue weighted by Gasteiger charge is -2.39. The molecule has 0 N–H and O–H groups in total. The van der Waals surface area contributed by atoms with Gasteiger partial charge in [-0.3, -0.25) is 0 Å². The lowest BCUT2D eigenvalue weighted by atomic mass is 10.1. The van der Waals surface area contributed by atoms with Crippen LogP contribution in [0.25, 0.3) is 6.08 Å². The number of nitrogens with zero attached hydrogens (tertiary/aromatic N) is 1. The molecule has 0 amide bonds. The van der Waals surface area contributed by atoms with E-state index in [0.29, 0.717) is 0 Å². The van der Waals surface area contributed by atoms with Crippen LogP contribution in [0.2, 0.25) is 18.1 Å². The number of hydrogen-bond donors (Lipinski definition) is 0. The van der Waals surface area contributed by atoms with E-state index < -0.39 is 8.32 Å². The number of allylic oxidation sites excluding steroid dienone is 1. The molecule has 1 aromatic heterocycles. The first kappa shape index (κ1) is 23.1. The fraction of sp³-hybridized carbons (Fsp3) is 0.650. The molecular formula is C20H34INOSSi. The van der Waals surface area contributed by atoms with E-state index in [-0.39, 0.29) is 11.1 Å². The monoisotopic (exact) mass is 491 g/mol. The van der Waals surface area contributed by atoms with Gasteiger partial charge in [0.1, 0.15) is 0 Å². The molecule has 0 radical (unpaired) electrons. The van der Waals surface area contributed by atoms with E-state index in [1.807, 2.05) is 0 Å². The third kappa shape index (κ3) is 7.65. The molecule has 142 valence electrons. The standard InChI is InChI=1S/C20H34INOSSi/c1-15(11-12-21)9-10-19(23-25(7,8)20(4,5)6)16(2)13-18-14-24-17(3)22-18/h9,13-14,19H,10-12H2,1-8H3/b15-9-,16-13+/t19-/m0/s1. The summed E-state index contributed by atoms with van der Waals surface area (Å²) in [5, 5.41) is 3.45. The number of aromatic nitrogens is 1. The second kappa shape index (κ2) is 9.81. The fourth-order valence-corrected chi connectivity index (χ4v) is 4.96. The summed E-state index contributed by atoms with van der Waals surface area (Å²) in [7, 11) is -1.82. The van der Waals surface area contributed by atoms with Crippen LogP contribution in [-0.2, 0) is 4.43 Å². The van der Waals surface area contributed by atoms with Crippen molar-refractivity contribution in [2.45, 2.75) is 78.6 Å². The largest absolute Gasteiger partial charge is 0.410 e. The average molecular weight is 492 g/mol. The molecule has 2 nitrogen and oxygen atoms in total. The molecule has 0 saturated heterocycles. The number of thiazole rings is 1. The number of aryl methyl sites for hydroxylation is 1. The second-order valence-electron chi connectivity index (χ2n) is 8.27. The van der Waals surface area contributed by atoms with Crippen molar-refractivity contribution in [1.82, 2.24) is 4.98 Å². The highest BCUT2D eigenvalue weighted by Gasteiger charge is 2.39. The van der Waals surface area contributed by atoms with E-state index in [4.69, 9.17) is 4.43 Å². The maximum Gasteiger partial charge on any atom is 0.192 e. The van der Waals surface area contributed by atoms with Gasteiger partial charge in [-0.1, -0.05) is 55.0 Å². The highest BCUT2D eigenvalue weighted by Crippen LogP contribution is 2.38. The number of hydrogen-bond acceptors (Lipinski definition) is 3. The minimum absolute atomic E-state index is 0.132. The Bertz CT molecular complexity index is 613. The average Bonchev–Trinajstić information content (AvgIpc) is 2.87. The molecule has 5 heteroatoms. The Morgan fingerprint density at radius 3 is 2.48 bits per heavy atom. The third-order valence-corrected chi connectivity index (χ3v) is 10.7. The summed E-state index contributed by atoms with van der Waals surface area (Å²) in [5.74, 6) is 0. The first-order valence-electron chi connectivity index (χ1n) is 8.96. The van der Waals surface area contributed by atoms with E-state index in [2.05, 4.69) is 99.7 Å². The lowest BCUT2D eigenvalue weighted by molar-refractivity contribution is 0.217. The molecule has 1 rings (SSSR count). The Morgan fingerprint density at radius 2 is 2.00 bits per heavy atom. The molecule has 1 atom stereocenters. The van der Waals surface area contributed by atoms with Crippen molar-refractivity contribution >= 4 is 48.3 Å². The van der Waals surface area contributed by atoms with Crippen LogP contribution in [0.15, 0.2) is 22.6 Å². The Morgan fingerprint density at radius 1 is 1.36 bits per heavy atom. The highest BCUT2D eigenvalue weighted by atomic mass is 127. The molecule has 0 aliphatic rings. The van der Waals surface area contributed by atoms with Gasteiger partial charge in [-0.2, -0.15) is 0 Å². The molecule has 0 aliphatic heterocycles. The number of halogens is 1. The number of rotatable bonds is 8. The molecule has 0 aliphatic carbocycles. The van der Waals surface area contributed by atoms with E-state index >= 15 is 0 Å². The molecule has 25 heavy (non-hydrogen) atoms. The molecule has 1 aromatic rings. The van der Waals surface area contributed by atoms with Crippen molar-refractivity contribution in [2.75, 3.05) is 4.43 Å². The van der Waals surface area contributed by atoms with Gasteiger partial charge in [-0.15, -0.1) is 11.3 Å². The lowest BCUT2D eigenvalue weighted by Crippen LogP contribution is -2.44. The summed E-state index contributed by atoms with van der Waals surface area (Å²) in [6.45, 7) is 18.0. The van der Waals surface area contributed by atoms with Crippen molar-refractivity contribution in [3.05, 3.63) is 33.3 Å². The quantitative estimate of drug-likeness (QED) is 0.164. The zero-order valence-electron chi connectivity index (χ0n) is 17.1. The van der Waals surface area contributed by atoms with Gasteiger partial charge in [0.25, 0.3) is 0 Å². The van der Waals surface area contributed by atoms with E-state index in [9.17, 15) is 0 Å². The molecule has 0 unspecified atom stereocenters. The first-order valence-corrected chi connectivity index (χ1v) is 14.3. The predicted octanol–water partition coefficient (Wildman–Crippen LogP) is 7.41. The van der Waals surface area contributed by atoms with Crippen LogP contribution in [0.1, 0.15) is 58.2 Å². The van der Waals surface area contributed by atoms with Crippen molar-refractivity contribution < 1.29 is 4.43 Å². The van der Waals surface area contributed by atoms with Gasteiger partial charge in [0.2, 0.25) is 0 Å². The Hall–Kier alpha value is 0.0169. The Kier molecular flexibility index (Phi) is 9.05. The number of alkyl halides is 1. The van der Waals surface area contributed by atoms with Crippen LogP contribution < -0.4 is 0 Å². The second-order valence-corrected chi connectivity index (χ2v) is 15.2. The van der Waals surface area contributed by atoms with Crippen LogP contribution >= 0.6 is 33.9 Å². The summed E-state index contributed by atoms with van der Waals surface area (Å²) in [4.78, 5) is 4.58. The molecule has 0 aromatic carbocycles. The molecule has 0 spiro atoms. The van der Waals surface area contributed by atoms with Gasteiger partial charge in [0.15, 0.2) is 8.32 Å². The SMILES string of the molecule is C/C(=C/C[C@H](O[Si](C)(C)C(C)(C)C)/C(C)=C/c1csc(C)n1)CCI. The molecule has 0 saturated carbocycles. The smallest absolute Gasteiger partial charge is 0.192 e. The van der Waals surface area contributed by atoms with Crippen LogP contribution in [-0.4, -0.2) is 23.8 Å². The topological polar surface area (TPSA) is 22.1 Å². The van der Waals surface area contributed by atoms with Crippen molar-refractivity contribution in [2.24, 2.45) is 0 Å². The molecule has 0 fully saturated rings. The van der Waals surface area contributed by atoms with Gasteiger partial charge in [0, 0.05) is 9.81 Å². The van der Waals surface area contributed by atoms with Gasteiger partial charge >= 0.3 is 0 Å². The zero-order valence-corrected chi connectivity index (χ0v) is 21.0. The zero-order chi connectivity index (χ0) is 19.3.